The van der Waals surface area contributed by atoms with Crippen molar-refractivity contribution in [2.75, 3.05) is 37.4 Å². The summed E-state index contributed by atoms with van der Waals surface area (Å²) in [6.07, 6.45) is 4.34. The van der Waals surface area contributed by atoms with Crippen molar-refractivity contribution in [1.82, 2.24) is 9.88 Å². The third kappa shape index (κ3) is 8.29. The van der Waals surface area contributed by atoms with Gasteiger partial charge in [-0.25, -0.2) is 4.39 Å². The summed E-state index contributed by atoms with van der Waals surface area (Å²) >= 11 is 6.53. The lowest BCUT2D eigenvalue weighted by Gasteiger charge is -2.19. The molecule has 46 heavy (non-hydrogen) atoms. The maximum atomic E-state index is 13.5. The van der Waals surface area contributed by atoms with Crippen LogP contribution in [-0.2, 0) is 16.1 Å². The Kier molecular flexibility index (Phi) is 10.7. The zero-order valence-corrected chi connectivity index (χ0v) is 26.1. The van der Waals surface area contributed by atoms with E-state index >= 15 is 0 Å². The minimum Gasteiger partial charge on any atom is -0.487 e. The number of amides is 1. The number of anilines is 3. The highest BCUT2D eigenvalue weighted by atomic mass is 35.5. The summed E-state index contributed by atoms with van der Waals surface area (Å²) < 4.78 is 31.0. The topological polar surface area (TPSA) is 129 Å². The number of pyridine rings is 1. The normalized spacial score (nSPS) is 15.2. The van der Waals surface area contributed by atoms with Crippen LogP contribution in [0.5, 0.6) is 11.5 Å². The van der Waals surface area contributed by atoms with E-state index in [0.717, 1.165) is 0 Å². The molecule has 1 aliphatic rings. The second kappa shape index (κ2) is 15.0. The van der Waals surface area contributed by atoms with Crippen molar-refractivity contribution < 1.29 is 28.5 Å². The Morgan fingerprint density at radius 1 is 1.28 bits per heavy atom. The molecule has 1 amide bonds. The maximum absolute atomic E-state index is 13.5. The molecular formula is C34H33ClFN5O5. The van der Waals surface area contributed by atoms with Crippen LogP contribution in [0.4, 0.5) is 21.5 Å². The molecule has 0 aliphatic carbocycles. The van der Waals surface area contributed by atoms with E-state index in [1.807, 2.05) is 0 Å². The summed E-state index contributed by atoms with van der Waals surface area (Å²) in [5, 5.41) is 26.7. The second-order valence-corrected chi connectivity index (χ2v) is 11.2. The van der Waals surface area contributed by atoms with E-state index in [2.05, 4.69) is 21.7 Å². The highest BCUT2D eigenvalue weighted by Gasteiger charge is 2.21. The number of rotatable bonds is 12. The number of ether oxygens (including phenoxy) is 3. The van der Waals surface area contributed by atoms with Gasteiger partial charge in [0.2, 0.25) is 5.91 Å². The molecule has 238 valence electrons. The molecule has 2 heterocycles. The molecule has 2 atom stereocenters. The van der Waals surface area contributed by atoms with Gasteiger partial charge in [-0.15, -0.1) is 0 Å². The van der Waals surface area contributed by atoms with Crippen LogP contribution in [0.15, 0.2) is 72.9 Å². The lowest BCUT2D eigenvalue weighted by molar-refractivity contribution is -0.112. The fourth-order valence-corrected chi connectivity index (χ4v) is 4.94. The van der Waals surface area contributed by atoms with E-state index in [4.69, 9.17) is 25.8 Å². The van der Waals surface area contributed by atoms with Gasteiger partial charge < -0.3 is 30.0 Å². The van der Waals surface area contributed by atoms with Crippen molar-refractivity contribution >= 4 is 45.5 Å². The molecule has 3 aromatic carbocycles. The predicted octanol–water partition coefficient (Wildman–Crippen LogP) is 6.15. The highest BCUT2D eigenvalue weighted by molar-refractivity contribution is 6.32. The summed E-state index contributed by atoms with van der Waals surface area (Å²) in [5.74, 6) is 0.0739. The van der Waals surface area contributed by atoms with E-state index < -0.39 is 12.1 Å². The number of carbonyl (C=O) groups excluding carboxylic acids is 1. The molecule has 3 N–H and O–H groups in total. The Morgan fingerprint density at radius 3 is 2.85 bits per heavy atom. The van der Waals surface area contributed by atoms with E-state index in [-0.39, 0.29) is 24.1 Å². The number of hydrogen-bond donors (Lipinski definition) is 3. The van der Waals surface area contributed by atoms with E-state index in [0.29, 0.717) is 76.2 Å². The number of carbonyl (C=O) groups is 1. The molecule has 4 aromatic rings. The van der Waals surface area contributed by atoms with Crippen LogP contribution < -0.4 is 20.1 Å². The molecule has 10 nitrogen and oxygen atoms in total. The average molecular weight is 646 g/mol. The predicted molar refractivity (Wildman–Crippen MR) is 174 cm³/mol. The van der Waals surface area contributed by atoms with Crippen molar-refractivity contribution in [3.05, 3.63) is 94.9 Å². The summed E-state index contributed by atoms with van der Waals surface area (Å²) in [7, 11) is 1.74. The van der Waals surface area contributed by atoms with Gasteiger partial charge in [0.15, 0.2) is 0 Å². The minimum atomic E-state index is -0.659. The largest absolute Gasteiger partial charge is 0.487 e. The van der Waals surface area contributed by atoms with Crippen molar-refractivity contribution in [2.24, 2.45) is 0 Å². The molecule has 1 aliphatic heterocycles. The second-order valence-electron chi connectivity index (χ2n) is 10.8. The number of nitrogens with zero attached hydrogens (tertiary/aromatic N) is 3. The lowest BCUT2D eigenvalue weighted by Crippen LogP contribution is -2.28. The number of aliphatic hydroxyl groups is 1. The number of fused-ring (bicyclic) bond motifs is 1. The van der Waals surface area contributed by atoms with Gasteiger partial charge in [-0.05, 0) is 55.9 Å². The maximum Gasteiger partial charge on any atom is 0.248 e. The zero-order chi connectivity index (χ0) is 32.6. The first kappa shape index (κ1) is 32.7. The van der Waals surface area contributed by atoms with Crippen LogP contribution in [0.25, 0.3) is 10.9 Å². The third-order valence-electron chi connectivity index (χ3n) is 7.31. The first-order valence-corrected chi connectivity index (χ1v) is 15.0. The quantitative estimate of drug-likeness (QED) is 0.123. The fraction of sp³-hybridized carbons (Fsp3) is 0.265. The van der Waals surface area contributed by atoms with Gasteiger partial charge in [0.05, 0.1) is 40.7 Å². The van der Waals surface area contributed by atoms with Gasteiger partial charge in [-0.3, -0.25) is 14.7 Å². The number of nitrogens with one attached hydrogen (secondary N) is 2. The van der Waals surface area contributed by atoms with Gasteiger partial charge in [-0.1, -0.05) is 29.8 Å². The number of benzene rings is 3. The van der Waals surface area contributed by atoms with Crippen molar-refractivity contribution in [1.29, 1.82) is 5.26 Å². The molecule has 5 rings (SSSR count). The third-order valence-corrected chi connectivity index (χ3v) is 7.61. The molecule has 2 unspecified atom stereocenters. The Hall–Kier alpha value is -4.73. The number of aromatic nitrogens is 1. The lowest BCUT2D eigenvalue weighted by atomic mass is 10.1. The van der Waals surface area contributed by atoms with Gasteiger partial charge in [-0.2, -0.15) is 5.26 Å². The van der Waals surface area contributed by atoms with Crippen molar-refractivity contribution in [3.63, 3.8) is 0 Å². The van der Waals surface area contributed by atoms with E-state index in [9.17, 15) is 19.6 Å². The Labute approximate surface area is 271 Å². The average Bonchev–Trinajstić information content (AvgIpc) is 3.54. The van der Waals surface area contributed by atoms with Crippen LogP contribution in [0.2, 0.25) is 5.02 Å². The standard InChI is InChI=1S/C34H33ClFN5O5/c1-21(42)41(2)11-4-7-33(43)40-30-15-27-29(16-32(30)46-26-10-12-44-20-26)38-18-23(17-37)34(27)39-25-8-9-31(28(35)14-25)45-19-22-5-3-6-24(36)13-22/h3-9,13-16,18,21,26,42H,10-12,19-20H2,1-2H3,(H,38,39)(H,40,43)/b7-4+. The van der Waals surface area contributed by atoms with Crippen LogP contribution in [-0.4, -0.2) is 60.0 Å². The van der Waals surface area contributed by atoms with Gasteiger partial charge in [0.1, 0.15) is 42.3 Å². The smallest absolute Gasteiger partial charge is 0.248 e. The Balaban J connectivity index is 1.43. The molecular weight excluding hydrogens is 613 g/mol. The molecule has 1 aromatic heterocycles. The van der Waals surface area contributed by atoms with E-state index in [1.165, 1.54) is 24.4 Å². The van der Waals surface area contributed by atoms with Gasteiger partial charge in [0.25, 0.3) is 0 Å². The van der Waals surface area contributed by atoms with Crippen molar-refractivity contribution in [3.8, 4) is 17.6 Å². The van der Waals surface area contributed by atoms with Gasteiger partial charge >= 0.3 is 0 Å². The molecule has 0 saturated carbocycles. The summed E-state index contributed by atoms with van der Waals surface area (Å²) in [6.45, 7) is 3.14. The minimum absolute atomic E-state index is 0.135. The Morgan fingerprint density at radius 2 is 2.13 bits per heavy atom. The molecule has 12 heteroatoms. The number of nitriles is 1. The van der Waals surface area contributed by atoms with Crippen LogP contribution >= 0.6 is 11.6 Å². The zero-order valence-electron chi connectivity index (χ0n) is 25.3. The van der Waals surface area contributed by atoms with Crippen LogP contribution in [0.3, 0.4) is 0 Å². The fourth-order valence-electron chi connectivity index (χ4n) is 4.70. The Bertz CT molecular complexity index is 1790. The van der Waals surface area contributed by atoms with Gasteiger partial charge in [0, 0.05) is 42.4 Å². The van der Waals surface area contributed by atoms with Crippen molar-refractivity contribution in [2.45, 2.75) is 32.3 Å². The highest BCUT2D eigenvalue weighted by Crippen LogP contribution is 2.38. The number of hydrogen-bond acceptors (Lipinski definition) is 9. The molecule has 1 fully saturated rings. The monoisotopic (exact) mass is 645 g/mol. The summed E-state index contributed by atoms with van der Waals surface area (Å²) in [4.78, 5) is 19.1. The molecule has 0 spiro atoms. The van der Waals surface area contributed by atoms with Crippen LogP contribution in [0, 0.1) is 17.1 Å². The number of aliphatic hydroxyl groups excluding tert-OH is 1. The summed E-state index contributed by atoms with van der Waals surface area (Å²) in [5.41, 5.74) is 2.88. The first-order valence-electron chi connectivity index (χ1n) is 14.6. The SMILES string of the molecule is CC(O)N(C)C/C=C/C(=O)Nc1cc2c(Nc3ccc(OCc4cccc(F)c4)c(Cl)c3)c(C#N)cnc2cc1OC1CCOC1. The van der Waals surface area contributed by atoms with E-state index in [1.54, 1.807) is 67.4 Å². The number of likely N-dealkylation sites (N-methyl/N-ethyl adjacent to an activating group) is 1. The number of halogens is 2. The van der Waals surface area contributed by atoms with Crippen LogP contribution in [0.1, 0.15) is 24.5 Å². The summed E-state index contributed by atoms with van der Waals surface area (Å²) in [6, 6.07) is 16.8. The molecule has 1 saturated heterocycles. The molecule has 0 bridgehead atoms. The molecule has 0 radical (unpaired) electrons. The first-order chi connectivity index (χ1) is 22.2.